The number of aromatic nitrogens is 2. The molecule has 5 heteroatoms. The molecule has 0 bridgehead atoms. The molecule has 3 aromatic rings. The molecule has 4 rings (SSSR count). The lowest BCUT2D eigenvalue weighted by atomic mass is 10.1. The van der Waals surface area contributed by atoms with Gasteiger partial charge in [0.05, 0.1) is 11.4 Å². The number of cyclic esters (lactones) is 1. The summed E-state index contributed by atoms with van der Waals surface area (Å²) >= 11 is 0. The van der Waals surface area contributed by atoms with Gasteiger partial charge in [-0.1, -0.05) is 24.3 Å². The lowest BCUT2D eigenvalue weighted by molar-refractivity contribution is -0.129. The standard InChI is InChI=1S/C20H13N3O2/c24-20-18(23-19(25-20)15-6-2-1-3-7-15)13-14-9-11-22-17(12-14)16-8-4-5-10-21-16/h1-13H. The Morgan fingerprint density at radius 2 is 1.64 bits per heavy atom. The largest absolute Gasteiger partial charge is 0.402 e. The monoisotopic (exact) mass is 327 g/mol. The topological polar surface area (TPSA) is 64.4 Å². The van der Waals surface area contributed by atoms with Crippen LogP contribution in [-0.2, 0) is 9.53 Å². The van der Waals surface area contributed by atoms with Gasteiger partial charge in [-0.3, -0.25) is 9.97 Å². The van der Waals surface area contributed by atoms with Crippen molar-refractivity contribution in [2.24, 2.45) is 4.99 Å². The van der Waals surface area contributed by atoms with Crippen molar-refractivity contribution in [2.45, 2.75) is 0 Å². The molecule has 120 valence electrons. The first-order valence-corrected chi connectivity index (χ1v) is 7.75. The van der Waals surface area contributed by atoms with Gasteiger partial charge in [-0.25, -0.2) is 9.79 Å². The highest BCUT2D eigenvalue weighted by Gasteiger charge is 2.23. The molecule has 1 aromatic carbocycles. The normalized spacial score (nSPS) is 15.1. The van der Waals surface area contributed by atoms with Gasteiger partial charge in [0, 0.05) is 18.0 Å². The van der Waals surface area contributed by atoms with Crippen LogP contribution in [0.5, 0.6) is 0 Å². The van der Waals surface area contributed by atoms with E-state index in [0.29, 0.717) is 5.90 Å². The SMILES string of the molecule is O=C1OC(c2ccccc2)=NC1=Cc1ccnc(-c2ccccn2)c1. The Labute approximate surface area is 144 Å². The number of carbonyl (C=O) groups is 1. The zero-order chi connectivity index (χ0) is 17.1. The van der Waals surface area contributed by atoms with Crippen molar-refractivity contribution in [3.05, 3.63) is 89.9 Å². The van der Waals surface area contributed by atoms with E-state index >= 15 is 0 Å². The average molecular weight is 327 g/mol. The molecule has 0 saturated heterocycles. The third-order valence-corrected chi connectivity index (χ3v) is 3.66. The highest BCUT2D eigenvalue weighted by Crippen LogP contribution is 2.21. The third kappa shape index (κ3) is 3.21. The first kappa shape index (κ1) is 15.0. The van der Waals surface area contributed by atoms with Crippen molar-refractivity contribution < 1.29 is 9.53 Å². The van der Waals surface area contributed by atoms with E-state index in [9.17, 15) is 4.79 Å². The Morgan fingerprint density at radius 1 is 0.840 bits per heavy atom. The molecule has 0 saturated carbocycles. The van der Waals surface area contributed by atoms with Gasteiger partial charge in [-0.2, -0.15) is 0 Å². The lowest BCUT2D eigenvalue weighted by Crippen LogP contribution is -2.04. The van der Waals surface area contributed by atoms with Crippen molar-refractivity contribution in [1.29, 1.82) is 0 Å². The van der Waals surface area contributed by atoms with Crippen molar-refractivity contribution in [1.82, 2.24) is 9.97 Å². The van der Waals surface area contributed by atoms with Crippen molar-refractivity contribution in [3.63, 3.8) is 0 Å². The van der Waals surface area contributed by atoms with Crippen molar-refractivity contribution in [2.75, 3.05) is 0 Å². The van der Waals surface area contributed by atoms with Gasteiger partial charge in [0.1, 0.15) is 0 Å². The van der Waals surface area contributed by atoms with Crippen LogP contribution in [-0.4, -0.2) is 21.8 Å². The molecule has 0 spiro atoms. The van der Waals surface area contributed by atoms with Crippen LogP contribution in [0.3, 0.4) is 0 Å². The Bertz CT molecular complexity index is 980. The molecule has 0 atom stereocenters. The van der Waals surface area contributed by atoms with Crippen LogP contribution >= 0.6 is 0 Å². The van der Waals surface area contributed by atoms with Crippen molar-refractivity contribution >= 4 is 17.9 Å². The Hall–Kier alpha value is -3.60. The Morgan fingerprint density at radius 3 is 2.44 bits per heavy atom. The predicted octanol–water partition coefficient (Wildman–Crippen LogP) is 3.49. The number of hydrogen-bond acceptors (Lipinski definition) is 5. The van der Waals surface area contributed by atoms with Gasteiger partial charge < -0.3 is 4.74 Å². The second kappa shape index (κ2) is 6.49. The van der Waals surface area contributed by atoms with Crippen LogP contribution < -0.4 is 0 Å². The van der Waals surface area contributed by atoms with Crippen LogP contribution in [0.15, 0.2) is 83.7 Å². The van der Waals surface area contributed by atoms with Crippen LogP contribution in [0.4, 0.5) is 0 Å². The van der Waals surface area contributed by atoms with Gasteiger partial charge >= 0.3 is 5.97 Å². The zero-order valence-corrected chi connectivity index (χ0v) is 13.2. The third-order valence-electron chi connectivity index (χ3n) is 3.66. The van der Waals surface area contributed by atoms with E-state index in [1.807, 2.05) is 60.7 Å². The fourth-order valence-electron chi connectivity index (χ4n) is 2.46. The number of benzene rings is 1. The molecule has 2 aromatic heterocycles. The second-order valence-electron chi connectivity index (χ2n) is 5.39. The number of hydrogen-bond donors (Lipinski definition) is 0. The Balaban J connectivity index is 1.67. The first-order chi connectivity index (χ1) is 12.3. The smallest absolute Gasteiger partial charge is 0.363 e. The van der Waals surface area contributed by atoms with E-state index < -0.39 is 5.97 Å². The molecular formula is C20H13N3O2. The van der Waals surface area contributed by atoms with Crippen LogP contribution in [0.2, 0.25) is 0 Å². The van der Waals surface area contributed by atoms with Crippen molar-refractivity contribution in [3.8, 4) is 11.4 Å². The summed E-state index contributed by atoms with van der Waals surface area (Å²) in [7, 11) is 0. The molecule has 25 heavy (non-hydrogen) atoms. The fraction of sp³-hybridized carbons (Fsp3) is 0. The van der Waals surface area contributed by atoms with Gasteiger partial charge in [-0.05, 0) is 48.0 Å². The molecule has 3 heterocycles. The minimum absolute atomic E-state index is 0.261. The molecule has 0 N–H and O–H groups in total. The fourth-order valence-corrected chi connectivity index (χ4v) is 2.46. The van der Waals surface area contributed by atoms with Crippen LogP contribution in [0.1, 0.15) is 11.1 Å². The molecule has 0 amide bonds. The summed E-state index contributed by atoms with van der Waals surface area (Å²) in [6.07, 6.45) is 5.08. The lowest BCUT2D eigenvalue weighted by Gasteiger charge is -2.00. The number of esters is 1. The summed E-state index contributed by atoms with van der Waals surface area (Å²) in [6.45, 7) is 0. The van der Waals surface area contributed by atoms with E-state index in [0.717, 1.165) is 22.5 Å². The van der Waals surface area contributed by atoms with Crippen LogP contribution in [0.25, 0.3) is 17.5 Å². The maximum Gasteiger partial charge on any atom is 0.363 e. The summed E-state index contributed by atoms with van der Waals surface area (Å²) in [6, 6.07) is 18.6. The highest BCUT2D eigenvalue weighted by molar-refractivity contribution is 6.12. The van der Waals surface area contributed by atoms with E-state index in [1.165, 1.54) is 0 Å². The van der Waals surface area contributed by atoms with Gasteiger partial charge in [0.25, 0.3) is 0 Å². The minimum atomic E-state index is -0.463. The summed E-state index contributed by atoms with van der Waals surface area (Å²) < 4.78 is 5.26. The summed E-state index contributed by atoms with van der Waals surface area (Å²) in [5.41, 5.74) is 3.33. The molecule has 1 aliphatic rings. The molecule has 0 unspecified atom stereocenters. The molecule has 0 aliphatic carbocycles. The molecule has 1 aliphatic heterocycles. The van der Waals surface area contributed by atoms with E-state index in [-0.39, 0.29) is 5.70 Å². The first-order valence-electron chi connectivity index (χ1n) is 7.75. The average Bonchev–Trinajstić information content (AvgIpc) is 3.04. The highest BCUT2D eigenvalue weighted by atomic mass is 16.6. The number of nitrogens with zero attached hydrogens (tertiary/aromatic N) is 3. The second-order valence-corrected chi connectivity index (χ2v) is 5.39. The Kier molecular flexibility index (Phi) is 3.88. The predicted molar refractivity (Wildman–Crippen MR) is 94.5 cm³/mol. The van der Waals surface area contributed by atoms with Gasteiger partial charge in [-0.15, -0.1) is 0 Å². The molecule has 0 fully saturated rings. The van der Waals surface area contributed by atoms with Crippen LogP contribution in [0, 0.1) is 0 Å². The number of ether oxygens (including phenoxy) is 1. The minimum Gasteiger partial charge on any atom is -0.402 e. The van der Waals surface area contributed by atoms with E-state index in [1.54, 1.807) is 18.5 Å². The summed E-state index contributed by atoms with van der Waals surface area (Å²) in [5.74, 6) is -0.147. The quantitative estimate of drug-likeness (QED) is 0.546. The van der Waals surface area contributed by atoms with Gasteiger partial charge in [0.15, 0.2) is 5.70 Å². The molecule has 5 nitrogen and oxygen atoms in total. The number of aliphatic imine (C=N–C) groups is 1. The van der Waals surface area contributed by atoms with E-state index in [2.05, 4.69) is 15.0 Å². The number of rotatable bonds is 3. The number of carbonyl (C=O) groups excluding carboxylic acids is 1. The molecular weight excluding hydrogens is 314 g/mol. The maximum atomic E-state index is 12.1. The van der Waals surface area contributed by atoms with Gasteiger partial charge in [0.2, 0.25) is 5.90 Å². The summed E-state index contributed by atoms with van der Waals surface area (Å²) in [4.78, 5) is 25.0. The molecule has 0 radical (unpaired) electrons. The number of pyridine rings is 2. The van der Waals surface area contributed by atoms with E-state index in [4.69, 9.17) is 4.74 Å². The maximum absolute atomic E-state index is 12.1. The zero-order valence-electron chi connectivity index (χ0n) is 13.2. The summed E-state index contributed by atoms with van der Waals surface area (Å²) in [5, 5.41) is 0.